The number of hydrogen-bond donors (Lipinski definition) is 3. The molecule has 4 rings (SSSR count). The smallest absolute Gasteiger partial charge is 0.337 e. The van der Waals surface area contributed by atoms with Crippen molar-refractivity contribution < 1.29 is 27.9 Å². The molecule has 0 spiro atoms. The molecule has 3 aromatic carbocycles. The zero-order valence-corrected chi connectivity index (χ0v) is 21.6. The van der Waals surface area contributed by atoms with Gasteiger partial charge in [0.2, 0.25) is 0 Å². The normalized spacial score (nSPS) is 17.3. The molecule has 3 aromatic rings. The van der Waals surface area contributed by atoms with Crippen LogP contribution in [0.3, 0.4) is 0 Å². The number of carbonyl (C=O) groups is 2. The van der Waals surface area contributed by atoms with Gasteiger partial charge in [0.15, 0.2) is 15.5 Å². The second kappa shape index (κ2) is 9.05. The van der Waals surface area contributed by atoms with Crippen molar-refractivity contribution in [2.45, 2.75) is 10.6 Å². The highest BCUT2D eigenvalue weighted by molar-refractivity contribution is 9.11. The van der Waals surface area contributed by atoms with Crippen LogP contribution < -0.4 is 15.4 Å². The highest BCUT2D eigenvalue weighted by Crippen LogP contribution is 2.41. The van der Waals surface area contributed by atoms with E-state index in [0.717, 1.165) is 0 Å². The number of ether oxygens (including phenoxy) is 1. The number of carbonyl (C=O) groups excluding carboxylic acids is 1. The van der Waals surface area contributed by atoms with Crippen LogP contribution in [0.1, 0.15) is 26.3 Å². The molecule has 0 saturated heterocycles. The molecule has 34 heavy (non-hydrogen) atoms. The van der Waals surface area contributed by atoms with Gasteiger partial charge >= 0.3 is 5.97 Å². The number of sulfone groups is 1. The first kappa shape index (κ1) is 24.2. The van der Waals surface area contributed by atoms with Crippen molar-refractivity contribution >= 4 is 59.3 Å². The topological polar surface area (TPSA) is 122 Å². The van der Waals surface area contributed by atoms with Gasteiger partial charge in [-0.2, -0.15) is 0 Å². The molecule has 0 aromatic heterocycles. The second-order valence-corrected chi connectivity index (χ2v) is 11.3. The number of nitrogens with one attached hydrogen (secondary N) is 2. The van der Waals surface area contributed by atoms with Gasteiger partial charge in [-0.3, -0.25) is 4.79 Å². The lowest BCUT2D eigenvalue weighted by molar-refractivity contribution is 0.0692. The molecule has 1 heterocycles. The van der Waals surface area contributed by atoms with E-state index in [9.17, 15) is 23.1 Å². The van der Waals surface area contributed by atoms with Gasteiger partial charge in [-0.1, -0.05) is 46.3 Å². The van der Waals surface area contributed by atoms with E-state index >= 15 is 0 Å². The third kappa shape index (κ3) is 4.30. The number of methoxy groups -OCH3 is 1. The van der Waals surface area contributed by atoms with Crippen molar-refractivity contribution in [1.82, 2.24) is 5.32 Å². The number of carboxylic acids is 1. The molecule has 1 amide bonds. The van der Waals surface area contributed by atoms with E-state index in [0.29, 0.717) is 31.5 Å². The molecule has 1 aliphatic rings. The minimum absolute atomic E-state index is 0.301. The van der Waals surface area contributed by atoms with Crippen LogP contribution in [-0.4, -0.2) is 38.3 Å². The number of fused-ring (bicyclic) bond motifs is 1. The summed E-state index contributed by atoms with van der Waals surface area (Å²) in [6.45, 7) is 0. The predicted molar refractivity (Wildman–Crippen MR) is 133 cm³/mol. The Morgan fingerprint density at radius 2 is 1.74 bits per heavy atom. The standard InChI is InChI=1S/C23H18Br2N2O6S/c1-33-18-8-4-3-7-16(18)23(12-34(31,32)19-9-5-2-6-14(19)22(29)30)26-20-15(21(28)27-23)10-13(24)11-17(20)25/h2-11,26H,12H2,1H3,(H,27,28)(H,29,30). The summed E-state index contributed by atoms with van der Waals surface area (Å²) in [6.07, 6.45) is 0. The van der Waals surface area contributed by atoms with Gasteiger partial charge < -0.3 is 20.5 Å². The molecule has 3 N–H and O–H groups in total. The maximum absolute atomic E-state index is 13.6. The zero-order chi connectivity index (χ0) is 24.7. The fraction of sp³-hybridized carbons (Fsp3) is 0.130. The van der Waals surface area contributed by atoms with Crippen molar-refractivity contribution in [3.63, 3.8) is 0 Å². The van der Waals surface area contributed by atoms with Gasteiger partial charge in [0, 0.05) is 14.5 Å². The number of aromatic carboxylic acids is 1. The number of carboxylic acid groups (broad SMARTS) is 1. The molecular formula is C23H18Br2N2O6S. The summed E-state index contributed by atoms with van der Waals surface area (Å²) in [5.74, 6) is -2.22. The third-order valence-corrected chi connectivity index (χ3v) is 8.31. The summed E-state index contributed by atoms with van der Waals surface area (Å²) >= 11 is 6.80. The van der Waals surface area contributed by atoms with Crippen LogP contribution in [0.5, 0.6) is 5.75 Å². The number of halogens is 2. The largest absolute Gasteiger partial charge is 0.496 e. The molecule has 0 fully saturated rings. The van der Waals surface area contributed by atoms with Crippen LogP contribution in [0.2, 0.25) is 0 Å². The Bertz CT molecular complexity index is 1430. The Morgan fingerprint density at radius 1 is 1.06 bits per heavy atom. The van der Waals surface area contributed by atoms with Gasteiger partial charge in [0.05, 0.1) is 28.8 Å². The van der Waals surface area contributed by atoms with Crippen LogP contribution in [0.15, 0.2) is 74.5 Å². The average Bonchev–Trinajstić information content (AvgIpc) is 2.79. The van der Waals surface area contributed by atoms with Crippen molar-refractivity contribution in [1.29, 1.82) is 0 Å². The van der Waals surface area contributed by atoms with Crippen LogP contribution in [-0.2, 0) is 15.5 Å². The van der Waals surface area contributed by atoms with Crippen molar-refractivity contribution in [3.05, 3.63) is 86.3 Å². The summed E-state index contributed by atoms with van der Waals surface area (Å²) < 4.78 is 34.0. The predicted octanol–water partition coefficient (Wildman–Crippen LogP) is 4.40. The zero-order valence-electron chi connectivity index (χ0n) is 17.6. The summed E-state index contributed by atoms with van der Waals surface area (Å²) in [4.78, 5) is 24.6. The number of para-hydroxylation sites is 1. The Morgan fingerprint density at radius 3 is 2.44 bits per heavy atom. The molecular weight excluding hydrogens is 592 g/mol. The summed E-state index contributed by atoms with van der Waals surface area (Å²) in [7, 11) is -2.82. The Hall–Kier alpha value is -2.89. The van der Waals surface area contributed by atoms with Gasteiger partial charge in [-0.25, -0.2) is 13.2 Å². The second-order valence-electron chi connectivity index (χ2n) is 7.56. The number of hydrogen-bond acceptors (Lipinski definition) is 6. The van der Waals surface area contributed by atoms with Crippen LogP contribution in [0.4, 0.5) is 5.69 Å². The molecule has 0 bridgehead atoms. The average molecular weight is 610 g/mol. The lowest BCUT2D eigenvalue weighted by Crippen LogP contribution is -2.59. The number of benzene rings is 3. The number of amides is 1. The fourth-order valence-corrected chi connectivity index (χ4v) is 7.07. The van der Waals surface area contributed by atoms with Gasteiger partial charge in [0.25, 0.3) is 5.91 Å². The van der Waals surface area contributed by atoms with Gasteiger partial charge in [-0.15, -0.1) is 0 Å². The highest BCUT2D eigenvalue weighted by atomic mass is 79.9. The lowest BCUT2D eigenvalue weighted by Gasteiger charge is -2.41. The summed E-state index contributed by atoms with van der Waals surface area (Å²) in [5, 5.41) is 15.6. The van der Waals surface area contributed by atoms with E-state index in [1.54, 1.807) is 36.4 Å². The fourth-order valence-electron chi connectivity index (χ4n) is 3.94. The molecule has 0 saturated carbocycles. The maximum Gasteiger partial charge on any atom is 0.337 e. The summed E-state index contributed by atoms with van der Waals surface area (Å²) in [5.41, 5.74) is -0.972. The highest BCUT2D eigenvalue weighted by Gasteiger charge is 2.46. The SMILES string of the molecule is COc1ccccc1C1(CS(=O)(=O)c2ccccc2C(=O)O)NC(=O)c2cc(Br)cc(Br)c2N1. The summed E-state index contributed by atoms with van der Waals surface area (Å²) in [6, 6.07) is 15.4. The quantitative estimate of drug-likeness (QED) is 0.379. The molecule has 8 nitrogen and oxygen atoms in total. The number of rotatable bonds is 6. The Labute approximate surface area is 212 Å². The van der Waals surface area contributed by atoms with Crippen LogP contribution in [0, 0.1) is 0 Å². The Kier molecular flexibility index (Phi) is 6.45. The molecule has 11 heteroatoms. The van der Waals surface area contributed by atoms with Crippen molar-refractivity contribution in [3.8, 4) is 5.75 Å². The first-order chi connectivity index (χ1) is 16.1. The van der Waals surface area contributed by atoms with E-state index in [1.807, 2.05) is 0 Å². The minimum atomic E-state index is -4.25. The first-order valence-electron chi connectivity index (χ1n) is 9.86. The third-order valence-electron chi connectivity index (χ3n) is 5.39. The molecule has 0 aliphatic carbocycles. The lowest BCUT2D eigenvalue weighted by atomic mass is 9.95. The Balaban J connectivity index is 1.94. The monoisotopic (exact) mass is 608 g/mol. The van der Waals surface area contributed by atoms with Crippen LogP contribution in [0.25, 0.3) is 0 Å². The molecule has 0 radical (unpaired) electrons. The molecule has 176 valence electrons. The molecule has 1 aliphatic heterocycles. The maximum atomic E-state index is 13.6. The number of anilines is 1. The first-order valence-corrected chi connectivity index (χ1v) is 13.1. The van der Waals surface area contributed by atoms with Crippen molar-refractivity contribution in [2.24, 2.45) is 0 Å². The van der Waals surface area contributed by atoms with E-state index in [2.05, 4.69) is 42.5 Å². The van der Waals surface area contributed by atoms with E-state index in [1.165, 1.54) is 31.4 Å². The van der Waals surface area contributed by atoms with Crippen molar-refractivity contribution in [2.75, 3.05) is 18.2 Å². The molecule has 1 atom stereocenters. The van der Waals surface area contributed by atoms with E-state index in [-0.39, 0.29) is 10.5 Å². The molecule has 1 unspecified atom stereocenters. The van der Waals surface area contributed by atoms with E-state index < -0.39 is 33.1 Å². The minimum Gasteiger partial charge on any atom is -0.496 e. The van der Waals surface area contributed by atoms with Gasteiger partial charge in [0.1, 0.15) is 11.5 Å². The van der Waals surface area contributed by atoms with Gasteiger partial charge in [-0.05, 0) is 46.3 Å². The van der Waals surface area contributed by atoms with Crippen LogP contribution >= 0.6 is 31.9 Å². The van der Waals surface area contributed by atoms with E-state index in [4.69, 9.17) is 4.74 Å².